The van der Waals surface area contributed by atoms with Gasteiger partial charge in [-0.2, -0.15) is 0 Å². The molecule has 0 amide bonds. The van der Waals surface area contributed by atoms with E-state index in [2.05, 4.69) is 9.72 Å². The van der Waals surface area contributed by atoms with E-state index in [-0.39, 0.29) is 16.3 Å². The summed E-state index contributed by atoms with van der Waals surface area (Å²) in [6.07, 6.45) is -2.16. The second kappa shape index (κ2) is 6.46. The van der Waals surface area contributed by atoms with Crippen LogP contribution in [0.2, 0.25) is 5.02 Å². The Morgan fingerprint density at radius 2 is 2.11 bits per heavy atom. The highest BCUT2D eigenvalue weighted by molar-refractivity contribution is 6.33. The molecule has 0 aliphatic carbocycles. The molecule has 0 bridgehead atoms. The normalized spacial score (nSPS) is 13.7. The van der Waals surface area contributed by atoms with E-state index in [1.54, 1.807) is 0 Å². The van der Waals surface area contributed by atoms with E-state index in [9.17, 15) is 19.8 Å². The highest BCUT2D eigenvalue weighted by Crippen LogP contribution is 2.23. The summed E-state index contributed by atoms with van der Waals surface area (Å²) in [5, 5.41) is 28.0. The van der Waals surface area contributed by atoms with Crippen LogP contribution in [0.25, 0.3) is 0 Å². The fourth-order valence-corrected chi connectivity index (χ4v) is 1.62. The number of nitrogens with zero attached hydrogens (tertiary/aromatic N) is 1. The Kier molecular flexibility index (Phi) is 5.22. The molecule has 8 heteroatoms. The van der Waals surface area contributed by atoms with Crippen molar-refractivity contribution in [1.82, 2.24) is 4.98 Å². The maximum atomic E-state index is 11.0. The van der Waals surface area contributed by atoms with E-state index in [0.29, 0.717) is 0 Å². The molecule has 104 valence electrons. The highest BCUT2D eigenvalue weighted by atomic mass is 35.5. The molecule has 0 saturated heterocycles. The molecule has 0 aliphatic rings. The number of methoxy groups -OCH3 is 1. The topological polar surface area (TPSA) is 117 Å². The molecule has 3 N–H and O–H groups in total. The van der Waals surface area contributed by atoms with Gasteiger partial charge in [0.2, 0.25) is 0 Å². The second-order valence-corrected chi connectivity index (χ2v) is 4.10. The van der Waals surface area contributed by atoms with Gasteiger partial charge in [-0.3, -0.25) is 4.79 Å². The van der Waals surface area contributed by atoms with Crippen LogP contribution >= 0.6 is 11.6 Å². The first-order valence-electron chi connectivity index (χ1n) is 5.18. The molecule has 2 unspecified atom stereocenters. The smallest absolute Gasteiger partial charge is 0.356 e. The monoisotopic (exact) mass is 289 g/mol. The third kappa shape index (κ3) is 3.88. The summed E-state index contributed by atoms with van der Waals surface area (Å²) in [6, 6.07) is 1.17. The number of carbonyl (C=O) groups excluding carboxylic acids is 1. The number of ether oxygens (including phenoxy) is 1. The predicted molar refractivity (Wildman–Crippen MR) is 63.8 cm³/mol. The minimum Gasteiger partial charge on any atom is -0.476 e. The Balaban J connectivity index is 2.88. The van der Waals surface area contributed by atoms with E-state index in [4.69, 9.17) is 16.7 Å². The molecule has 0 spiro atoms. The van der Waals surface area contributed by atoms with Crippen molar-refractivity contribution in [3.63, 3.8) is 0 Å². The number of aromatic carboxylic acids is 1. The number of carboxylic acid groups (broad SMARTS) is 1. The summed E-state index contributed by atoms with van der Waals surface area (Å²) >= 11 is 5.68. The zero-order valence-corrected chi connectivity index (χ0v) is 10.7. The molecule has 0 saturated carbocycles. The number of pyridine rings is 1. The standard InChI is InChI=1S/C11H12ClNO6/c1-19-8(15)3-7(14)10(16)5-2-6(12)9(11(17)18)13-4-5/h2,4,7,10,14,16H,3H2,1H3,(H,17,18). The number of rotatable bonds is 5. The van der Waals surface area contributed by atoms with Crippen molar-refractivity contribution < 1.29 is 29.6 Å². The van der Waals surface area contributed by atoms with Crippen LogP contribution in [-0.2, 0) is 9.53 Å². The van der Waals surface area contributed by atoms with Crippen molar-refractivity contribution in [2.45, 2.75) is 18.6 Å². The lowest BCUT2D eigenvalue weighted by Crippen LogP contribution is -2.23. The van der Waals surface area contributed by atoms with Crippen LogP contribution in [0.15, 0.2) is 12.3 Å². The van der Waals surface area contributed by atoms with Gasteiger partial charge in [0.15, 0.2) is 5.69 Å². The minimum atomic E-state index is -1.42. The van der Waals surface area contributed by atoms with E-state index < -0.39 is 30.6 Å². The number of hydrogen-bond donors (Lipinski definition) is 3. The molecule has 0 fully saturated rings. The Labute approximate surface area is 113 Å². The number of esters is 1. The molecular weight excluding hydrogens is 278 g/mol. The number of aliphatic hydroxyl groups excluding tert-OH is 2. The van der Waals surface area contributed by atoms with Gasteiger partial charge in [0.25, 0.3) is 0 Å². The van der Waals surface area contributed by atoms with Crippen molar-refractivity contribution in [2.24, 2.45) is 0 Å². The number of carbonyl (C=O) groups is 2. The summed E-state index contributed by atoms with van der Waals surface area (Å²) in [5.74, 6) is -1.99. The molecule has 1 rings (SSSR count). The van der Waals surface area contributed by atoms with Gasteiger partial charge in [-0.05, 0) is 6.07 Å². The van der Waals surface area contributed by atoms with E-state index in [0.717, 1.165) is 13.3 Å². The zero-order valence-electron chi connectivity index (χ0n) is 9.91. The first-order valence-corrected chi connectivity index (χ1v) is 5.56. The Hall–Kier alpha value is -1.70. The third-order valence-electron chi connectivity index (χ3n) is 2.37. The van der Waals surface area contributed by atoms with Gasteiger partial charge in [0, 0.05) is 11.8 Å². The van der Waals surface area contributed by atoms with Crippen LogP contribution in [0.4, 0.5) is 0 Å². The molecular formula is C11H12ClNO6. The summed E-state index contributed by atoms with van der Waals surface area (Å²) in [4.78, 5) is 25.2. The van der Waals surface area contributed by atoms with Gasteiger partial charge in [-0.25, -0.2) is 9.78 Å². The fraction of sp³-hybridized carbons (Fsp3) is 0.364. The van der Waals surface area contributed by atoms with Gasteiger partial charge in [0.1, 0.15) is 6.10 Å². The summed E-state index contributed by atoms with van der Waals surface area (Å²) < 4.78 is 4.35. The molecule has 1 aromatic rings. The largest absolute Gasteiger partial charge is 0.476 e. The van der Waals surface area contributed by atoms with Crippen molar-refractivity contribution in [3.05, 3.63) is 28.5 Å². The molecule has 0 aliphatic heterocycles. The molecule has 1 heterocycles. The third-order valence-corrected chi connectivity index (χ3v) is 2.66. The summed E-state index contributed by atoms with van der Waals surface area (Å²) in [7, 11) is 1.15. The number of aromatic nitrogens is 1. The van der Waals surface area contributed by atoms with Gasteiger partial charge >= 0.3 is 11.9 Å². The molecule has 19 heavy (non-hydrogen) atoms. The number of carboxylic acids is 1. The van der Waals surface area contributed by atoms with Crippen molar-refractivity contribution in [1.29, 1.82) is 0 Å². The fourth-order valence-electron chi connectivity index (χ4n) is 1.36. The molecule has 1 aromatic heterocycles. The summed E-state index contributed by atoms with van der Waals surface area (Å²) in [5.41, 5.74) is -0.258. The lowest BCUT2D eigenvalue weighted by Gasteiger charge is -2.17. The van der Waals surface area contributed by atoms with Crippen molar-refractivity contribution in [3.8, 4) is 0 Å². The Morgan fingerprint density at radius 3 is 2.58 bits per heavy atom. The lowest BCUT2D eigenvalue weighted by atomic mass is 10.0. The van der Waals surface area contributed by atoms with Crippen LogP contribution in [0.3, 0.4) is 0 Å². The van der Waals surface area contributed by atoms with Gasteiger partial charge in [-0.1, -0.05) is 11.6 Å². The first-order chi connectivity index (χ1) is 8.86. The minimum absolute atomic E-state index is 0.103. The maximum absolute atomic E-state index is 11.0. The maximum Gasteiger partial charge on any atom is 0.356 e. The second-order valence-electron chi connectivity index (χ2n) is 3.70. The predicted octanol–water partition coefficient (Wildman–Crippen LogP) is 0.391. The molecule has 0 radical (unpaired) electrons. The Bertz CT molecular complexity index is 492. The van der Waals surface area contributed by atoms with E-state index in [1.165, 1.54) is 6.07 Å². The van der Waals surface area contributed by atoms with Crippen molar-refractivity contribution in [2.75, 3.05) is 7.11 Å². The van der Waals surface area contributed by atoms with E-state index in [1.807, 2.05) is 0 Å². The van der Waals surface area contributed by atoms with Crippen LogP contribution < -0.4 is 0 Å². The van der Waals surface area contributed by atoms with Gasteiger partial charge < -0.3 is 20.1 Å². The zero-order chi connectivity index (χ0) is 14.6. The van der Waals surface area contributed by atoms with Crippen molar-refractivity contribution >= 4 is 23.5 Å². The van der Waals surface area contributed by atoms with E-state index >= 15 is 0 Å². The van der Waals surface area contributed by atoms with Crippen LogP contribution in [0.5, 0.6) is 0 Å². The highest BCUT2D eigenvalue weighted by Gasteiger charge is 2.23. The lowest BCUT2D eigenvalue weighted by molar-refractivity contribution is -0.144. The van der Waals surface area contributed by atoms with Crippen LogP contribution in [0, 0.1) is 0 Å². The molecule has 2 atom stereocenters. The number of aliphatic hydroxyl groups is 2. The number of hydrogen-bond acceptors (Lipinski definition) is 6. The average molecular weight is 290 g/mol. The summed E-state index contributed by atoms with van der Waals surface area (Å²) in [6.45, 7) is 0. The average Bonchev–Trinajstić information content (AvgIpc) is 2.36. The van der Waals surface area contributed by atoms with Crippen LogP contribution in [0.1, 0.15) is 28.6 Å². The Morgan fingerprint density at radius 1 is 1.47 bits per heavy atom. The first kappa shape index (κ1) is 15.4. The van der Waals surface area contributed by atoms with Gasteiger partial charge in [-0.15, -0.1) is 0 Å². The molecule has 0 aromatic carbocycles. The number of halogens is 1. The SMILES string of the molecule is COC(=O)CC(O)C(O)c1cnc(C(=O)O)c(Cl)c1. The van der Waals surface area contributed by atoms with Gasteiger partial charge in [0.05, 0.1) is 24.7 Å². The quantitative estimate of drug-likeness (QED) is 0.671. The van der Waals surface area contributed by atoms with Crippen LogP contribution in [-0.4, -0.2) is 45.5 Å². The molecule has 7 nitrogen and oxygen atoms in total.